The number of hydrogen-bond acceptors (Lipinski definition) is 6. The maximum atomic E-state index is 10.9. The van der Waals surface area contributed by atoms with Gasteiger partial charge in [-0.15, -0.1) is 16.4 Å². The van der Waals surface area contributed by atoms with Crippen LogP contribution in [0.15, 0.2) is 41.8 Å². The van der Waals surface area contributed by atoms with Crippen LogP contribution in [0.3, 0.4) is 0 Å². The van der Waals surface area contributed by atoms with Gasteiger partial charge in [0, 0.05) is 12.1 Å². The predicted molar refractivity (Wildman–Crippen MR) is 76.0 cm³/mol. The van der Waals surface area contributed by atoms with Crippen LogP contribution in [0.1, 0.15) is 5.69 Å². The summed E-state index contributed by atoms with van der Waals surface area (Å²) in [4.78, 5) is 11.2. The SMILES string of the molecule is N#Cc1nnn(-c2cccc([N+](=O)[O-])c2)c1-c1cccs1. The Morgan fingerprint density at radius 2 is 2.19 bits per heavy atom. The largest absolute Gasteiger partial charge is 0.271 e. The average molecular weight is 297 g/mol. The number of thiophene rings is 1. The lowest BCUT2D eigenvalue weighted by Crippen LogP contribution is -2.00. The van der Waals surface area contributed by atoms with Gasteiger partial charge in [-0.25, -0.2) is 4.68 Å². The monoisotopic (exact) mass is 297 g/mol. The Balaban J connectivity index is 2.20. The molecule has 0 atom stereocenters. The molecular formula is C13H7N5O2S. The first-order valence-electron chi connectivity index (χ1n) is 5.85. The molecule has 0 radical (unpaired) electrons. The van der Waals surface area contributed by atoms with Gasteiger partial charge in [0.25, 0.3) is 5.69 Å². The summed E-state index contributed by atoms with van der Waals surface area (Å²) in [6.45, 7) is 0. The fraction of sp³-hybridized carbons (Fsp3) is 0. The summed E-state index contributed by atoms with van der Waals surface area (Å²) in [6.07, 6.45) is 0. The summed E-state index contributed by atoms with van der Waals surface area (Å²) in [5.41, 5.74) is 1.16. The first kappa shape index (κ1) is 13.0. The summed E-state index contributed by atoms with van der Waals surface area (Å²) in [5, 5.41) is 29.7. The van der Waals surface area contributed by atoms with Crippen LogP contribution in [0.5, 0.6) is 0 Å². The predicted octanol–water partition coefficient (Wildman–Crippen LogP) is 2.78. The van der Waals surface area contributed by atoms with Crippen LogP contribution >= 0.6 is 11.3 Å². The minimum atomic E-state index is -0.476. The van der Waals surface area contributed by atoms with Gasteiger partial charge < -0.3 is 0 Å². The summed E-state index contributed by atoms with van der Waals surface area (Å²) in [7, 11) is 0. The van der Waals surface area contributed by atoms with Crippen LogP contribution in [0.25, 0.3) is 16.3 Å². The summed E-state index contributed by atoms with van der Waals surface area (Å²) in [5.74, 6) is 0. The van der Waals surface area contributed by atoms with Gasteiger partial charge in [0.1, 0.15) is 11.8 Å². The average Bonchev–Trinajstić information content (AvgIpc) is 3.15. The van der Waals surface area contributed by atoms with E-state index in [-0.39, 0.29) is 11.4 Å². The Hall–Kier alpha value is -3.05. The zero-order chi connectivity index (χ0) is 14.8. The van der Waals surface area contributed by atoms with Crippen molar-refractivity contribution in [2.24, 2.45) is 0 Å². The maximum absolute atomic E-state index is 10.9. The van der Waals surface area contributed by atoms with Gasteiger partial charge in [0.15, 0.2) is 5.69 Å². The van der Waals surface area contributed by atoms with Gasteiger partial charge in [-0.05, 0) is 17.5 Å². The van der Waals surface area contributed by atoms with Crippen molar-refractivity contribution in [2.75, 3.05) is 0 Å². The topological polar surface area (TPSA) is 97.6 Å². The van der Waals surface area contributed by atoms with E-state index in [1.54, 1.807) is 12.1 Å². The highest BCUT2D eigenvalue weighted by Crippen LogP contribution is 2.29. The van der Waals surface area contributed by atoms with Crippen molar-refractivity contribution in [1.82, 2.24) is 15.0 Å². The van der Waals surface area contributed by atoms with Crippen LogP contribution in [0.2, 0.25) is 0 Å². The zero-order valence-electron chi connectivity index (χ0n) is 10.5. The summed E-state index contributed by atoms with van der Waals surface area (Å²) in [6, 6.07) is 11.7. The molecule has 2 heterocycles. The van der Waals surface area contributed by atoms with E-state index in [1.807, 2.05) is 23.6 Å². The number of nitro groups is 1. The number of nitriles is 1. The number of nitro benzene ring substituents is 1. The van der Waals surface area contributed by atoms with E-state index in [4.69, 9.17) is 5.26 Å². The molecule has 8 heteroatoms. The molecule has 7 nitrogen and oxygen atoms in total. The van der Waals surface area contributed by atoms with E-state index in [9.17, 15) is 10.1 Å². The lowest BCUT2D eigenvalue weighted by Gasteiger charge is -2.04. The molecular weight excluding hydrogens is 290 g/mol. The van der Waals surface area contributed by atoms with Crippen molar-refractivity contribution < 1.29 is 4.92 Å². The molecule has 0 saturated heterocycles. The number of non-ortho nitro benzene ring substituents is 1. The fourth-order valence-electron chi connectivity index (χ4n) is 1.91. The van der Waals surface area contributed by atoms with Crippen molar-refractivity contribution in [2.45, 2.75) is 0 Å². The number of rotatable bonds is 3. The lowest BCUT2D eigenvalue weighted by molar-refractivity contribution is -0.384. The molecule has 0 unspecified atom stereocenters. The van der Waals surface area contributed by atoms with Gasteiger partial charge in [-0.1, -0.05) is 17.3 Å². The third-order valence-corrected chi connectivity index (χ3v) is 3.69. The first-order chi connectivity index (χ1) is 10.2. The van der Waals surface area contributed by atoms with Crippen molar-refractivity contribution in [3.8, 4) is 22.3 Å². The van der Waals surface area contributed by atoms with Crippen molar-refractivity contribution in [3.05, 3.63) is 57.6 Å². The first-order valence-corrected chi connectivity index (χ1v) is 6.73. The van der Waals surface area contributed by atoms with Gasteiger partial charge in [-0.2, -0.15) is 5.26 Å². The van der Waals surface area contributed by atoms with E-state index in [0.29, 0.717) is 11.4 Å². The number of benzene rings is 1. The quantitative estimate of drug-likeness (QED) is 0.547. The molecule has 0 N–H and O–H groups in total. The molecule has 0 fully saturated rings. The second-order valence-corrected chi connectivity index (χ2v) is 5.01. The molecule has 0 amide bonds. The van der Waals surface area contributed by atoms with Crippen molar-refractivity contribution >= 4 is 17.0 Å². The number of aromatic nitrogens is 3. The highest BCUT2D eigenvalue weighted by atomic mass is 32.1. The molecule has 2 aromatic heterocycles. The van der Waals surface area contributed by atoms with Crippen molar-refractivity contribution in [3.63, 3.8) is 0 Å². The molecule has 3 rings (SSSR count). The Morgan fingerprint density at radius 3 is 2.86 bits per heavy atom. The fourth-order valence-corrected chi connectivity index (χ4v) is 2.67. The summed E-state index contributed by atoms with van der Waals surface area (Å²) >= 11 is 1.44. The highest BCUT2D eigenvalue weighted by Gasteiger charge is 2.18. The molecule has 0 aliphatic rings. The Kier molecular flexibility index (Phi) is 3.17. The van der Waals surface area contributed by atoms with E-state index in [0.717, 1.165) is 4.88 Å². The van der Waals surface area contributed by atoms with Gasteiger partial charge in [0.05, 0.1) is 15.5 Å². The minimum Gasteiger partial charge on any atom is -0.258 e. The number of nitrogens with zero attached hydrogens (tertiary/aromatic N) is 5. The molecule has 0 aliphatic carbocycles. The third kappa shape index (κ3) is 2.26. The molecule has 0 saturated carbocycles. The van der Waals surface area contributed by atoms with Crippen LogP contribution in [0, 0.1) is 21.4 Å². The normalized spacial score (nSPS) is 10.2. The zero-order valence-corrected chi connectivity index (χ0v) is 11.3. The molecule has 102 valence electrons. The number of hydrogen-bond donors (Lipinski definition) is 0. The van der Waals surface area contributed by atoms with Crippen LogP contribution in [-0.4, -0.2) is 19.9 Å². The molecule has 1 aromatic carbocycles. The Labute approximate surface area is 122 Å². The second-order valence-electron chi connectivity index (χ2n) is 4.06. The Bertz CT molecular complexity index is 848. The van der Waals surface area contributed by atoms with E-state index < -0.39 is 4.92 Å². The van der Waals surface area contributed by atoms with Gasteiger partial charge >= 0.3 is 0 Å². The molecule has 0 aliphatic heterocycles. The van der Waals surface area contributed by atoms with Crippen LogP contribution < -0.4 is 0 Å². The smallest absolute Gasteiger partial charge is 0.258 e. The van der Waals surface area contributed by atoms with E-state index in [2.05, 4.69) is 10.3 Å². The second kappa shape index (κ2) is 5.15. The molecule has 3 aromatic rings. The van der Waals surface area contributed by atoms with Crippen LogP contribution in [-0.2, 0) is 0 Å². The third-order valence-electron chi connectivity index (χ3n) is 2.82. The molecule has 0 spiro atoms. The Morgan fingerprint density at radius 1 is 1.33 bits per heavy atom. The maximum Gasteiger partial charge on any atom is 0.271 e. The van der Waals surface area contributed by atoms with E-state index in [1.165, 1.54) is 28.2 Å². The molecule has 21 heavy (non-hydrogen) atoms. The van der Waals surface area contributed by atoms with Crippen LogP contribution in [0.4, 0.5) is 5.69 Å². The minimum absolute atomic E-state index is 0.0429. The van der Waals surface area contributed by atoms with E-state index >= 15 is 0 Å². The summed E-state index contributed by atoms with van der Waals surface area (Å²) < 4.78 is 1.44. The van der Waals surface area contributed by atoms with Gasteiger partial charge in [-0.3, -0.25) is 10.1 Å². The highest BCUT2D eigenvalue weighted by molar-refractivity contribution is 7.13. The van der Waals surface area contributed by atoms with Gasteiger partial charge in [0.2, 0.25) is 0 Å². The standard InChI is InChI=1S/C13H7N5O2S/c14-8-11-13(12-5-2-6-21-12)17(16-15-11)9-3-1-4-10(7-9)18(19)20/h1-7H. The lowest BCUT2D eigenvalue weighted by atomic mass is 10.2. The van der Waals surface area contributed by atoms with Crippen molar-refractivity contribution in [1.29, 1.82) is 5.26 Å². The molecule has 0 bridgehead atoms.